The first-order valence-corrected chi connectivity index (χ1v) is 6.23. The Bertz CT molecular complexity index is 831. The normalized spacial score (nSPS) is 11.0. The topological polar surface area (TPSA) is 56.2 Å². The van der Waals surface area contributed by atoms with Crippen LogP contribution in [0.2, 0.25) is 0 Å². The summed E-state index contributed by atoms with van der Waals surface area (Å²) in [5.41, 5.74) is 2.42. The van der Waals surface area contributed by atoms with Crippen molar-refractivity contribution in [3.05, 3.63) is 60.9 Å². The summed E-state index contributed by atoms with van der Waals surface area (Å²) in [5, 5.41) is 8.13. The second kappa shape index (κ2) is 4.31. The highest BCUT2D eigenvalue weighted by Gasteiger charge is 2.13. The second-order valence-corrected chi connectivity index (χ2v) is 4.37. The average Bonchev–Trinajstić information content (AvgIpc) is 3.14. The van der Waals surface area contributed by atoms with Gasteiger partial charge in [-0.1, -0.05) is 24.3 Å². The van der Waals surface area contributed by atoms with Crippen LogP contribution in [0.3, 0.4) is 0 Å². The van der Waals surface area contributed by atoms with Gasteiger partial charge in [-0.25, -0.2) is 4.98 Å². The van der Waals surface area contributed by atoms with E-state index in [2.05, 4.69) is 15.2 Å². The van der Waals surface area contributed by atoms with Crippen molar-refractivity contribution in [2.75, 3.05) is 0 Å². The van der Waals surface area contributed by atoms with Gasteiger partial charge in [-0.05, 0) is 24.3 Å². The lowest BCUT2D eigenvalue weighted by molar-refractivity contribution is 0.582. The number of hydrogen-bond acceptors (Lipinski definition) is 4. The zero-order chi connectivity index (χ0) is 13.4. The van der Waals surface area contributed by atoms with E-state index in [-0.39, 0.29) is 0 Å². The Morgan fingerprint density at radius 1 is 0.850 bits per heavy atom. The van der Waals surface area contributed by atoms with Gasteiger partial charge < -0.3 is 8.82 Å². The van der Waals surface area contributed by atoms with Gasteiger partial charge in [0.15, 0.2) is 0 Å². The van der Waals surface area contributed by atoms with E-state index >= 15 is 0 Å². The zero-order valence-electron chi connectivity index (χ0n) is 10.5. The van der Waals surface area contributed by atoms with Crippen LogP contribution in [0.25, 0.3) is 28.7 Å². The monoisotopic (exact) mass is 262 g/mol. The smallest absolute Gasteiger partial charge is 0.268 e. The molecule has 0 spiro atoms. The summed E-state index contributed by atoms with van der Waals surface area (Å²) in [6, 6.07) is 15.5. The van der Waals surface area contributed by atoms with Crippen molar-refractivity contribution in [1.29, 1.82) is 0 Å². The Morgan fingerprint density at radius 3 is 2.50 bits per heavy atom. The van der Waals surface area contributed by atoms with Crippen molar-refractivity contribution in [2.24, 2.45) is 0 Å². The molecule has 0 N–H and O–H groups in total. The number of fused-ring (bicyclic) bond motifs is 1. The molecule has 5 nitrogen and oxygen atoms in total. The van der Waals surface area contributed by atoms with Gasteiger partial charge in [0.25, 0.3) is 5.89 Å². The van der Waals surface area contributed by atoms with Crippen LogP contribution in [0.1, 0.15) is 0 Å². The summed E-state index contributed by atoms with van der Waals surface area (Å²) >= 11 is 0. The van der Waals surface area contributed by atoms with Gasteiger partial charge in [-0.3, -0.25) is 0 Å². The highest BCUT2D eigenvalue weighted by atomic mass is 16.4. The van der Waals surface area contributed by atoms with Gasteiger partial charge in [-0.15, -0.1) is 10.2 Å². The van der Waals surface area contributed by atoms with Crippen molar-refractivity contribution < 1.29 is 4.42 Å². The molecule has 0 saturated carbocycles. The lowest BCUT2D eigenvalue weighted by atomic mass is 10.2. The SMILES string of the molecule is c1ccc(-c2nnc(-c3cn4ccccc4n3)o2)cc1. The van der Waals surface area contributed by atoms with E-state index < -0.39 is 0 Å². The van der Waals surface area contributed by atoms with Crippen molar-refractivity contribution in [1.82, 2.24) is 19.6 Å². The fourth-order valence-electron chi connectivity index (χ4n) is 2.06. The average molecular weight is 262 g/mol. The van der Waals surface area contributed by atoms with Gasteiger partial charge in [0.05, 0.1) is 0 Å². The second-order valence-electron chi connectivity index (χ2n) is 4.37. The van der Waals surface area contributed by atoms with Gasteiger partial charge >= 0.3 is 0 Å². The standard InChI is InChI=1S/C15H10N4O/c1-2-6-11(7-3-1)14-17-18-15(20-14)12-10-19-9-5-4-8-13(19)16-12/h1-10H. The molecule has 0 atom stereocenters. The van der Waals surface area contributed by atoms with E-state index in [0.29, 0.717) is 17.5 Å². The minimum absolute atomic E-state index is 0.424. The van der Waals surface area contributed by atoms with Crippen molar-refractivity contribution >= 4 is 5.65 Å². The maximum Gasteiger partial charge on any atom is 0.268 e. The molecular formula is C15H10N4O. The Labute approximate surface area is 114 Å². The summed E-state index contributed by atoms with van der Waals surface area (Å²) < 4.78 is 7.61. The fraction of sp³-hybridized carbons (Fsp3) is 0. The molecule has 0 fully saturated rings. The molecule has 0 aliphatic carbocycles. The predicted octanol–water partition coefficient (Wildman–Crippen LogP) is 3.05. The molecule has 0 radical (unpaired) electrons. The number of rotatable bonds is 2. The molecule has 1 aromatic carbocycles. The molecule has 4 rings (SSSR count). The van der Waals surface area contributed by atoms with Crippen molar-refractivity contribution in [3.8, 4) is 23.0 Å². The van der Waals surface area contributed by atoms with Gasteiger partial charge in [0.1, 0.15) is 11.3 Å². The minimum atomic E-state index is 0.424. The summed E-state index contributed by atoms with van der Waals surface area (Å²) in [6.45, 7) is 0. The number of aromatic nitrogens is 4. The number of hydrogen-bond donors (Lipinski definition) is 0. The molecule has 20 heavy (non-hydrogen) atoms. The molecule has 0 aliphatic heterocycles. The summed E-state index contributed by atoms with van der Waals surface area (Å²) in [7, 11) is 0. The number of benzene rings is 1. The van der Waals surface area contributed by atoms with Crippen LogP contribution in [-0.2, 0) is 0 Å². The molecule has 0 saturated heterocycles. The lowest BCUT2D eigenvalue weighted by Crippen LogP contribution is -1.77. The van der Waals surface area contributed by atoms with E-state index in [9.17, 15) is 0 Å². The third-order valence-electron chi connectivity index (χ3n) is 3.03. The van der Waals surface area contributed by atoms with Crippen molar-refractivity contribution in [3.63, 3.8) is 0 Å². The third kappa shape index (κ3) is 1.76. The summed E-state index contributed by atoms with van der Waals surface area (Å²) in [5.74, 6) is 0.921. The first-order valence-electron chi connectivity index (χ1n) is 6.23. The molecule has 0 aliphatic rings. The van der Waals surface area contributed by atoms with E-state index in [1.807, 2.05) is 65.3 Å². The summed E-state index contributed by atoms with van der Waals surface area (Å²) in [4.78, 5) is 4.46. The zero-order valence-corrected chi connectivity index (χ0v) is 10.5. The summed E-state index contributed by atoms with van der Waals surface area (Å²) in [6.07, 6.45) is 3.80. The van der Waals surface area contributed by atoms with Crippen LogP contribution in [0.4, 0.5) is 0 Å². The van der Waals surface area contributed by atoms with E-state index in [1.54, 1.807) is 0 Å². The van der Waals surface area contributed by atoms with E-state index in [1.165, 1.54) is 0 Å². The Morgan fingerprint density at radius 2 is 1.65 bits per heavy atom. The lowest BCUT2D eigenvalue weighted by Gasteiger charge is -1.91. The van der Waals surface area contributed by atoms with Gasteiger partial charge in [-0.2, -0.15) is 0 Å². The first-order chi connectivity index (χ1) is 9.90. The molecule has 5 heteroatoms. The van der Waals surface area contributed by atoms with Gasteiger partial charge in [0, 0.05) is 18.0 Å². The highest BCUT2D eigenvalue weighted by Crippen LogP contribution is 2.23. The van der Waals surface area contributed by atoms with Gasteiger partial charge in [0.2, 0.25) is 5.89 Å². The largest absolute Gasteiger partial charge is 0.415 e. The molecule has 3 aromatic heterocycles. The maximum absolute atomic E-state index is 5.69. The van der Waals surface area contributed by atoms with E-state index in [4.69, 9.17) is 4.42 Å². The van der Waals surface area contributed by atoms with Crippen LogP contribution < -0.4 is 0 Å². The van der Waals surface area contributed by atoms with Crippen LogP contribution in [0.5, 0.6) is 0 Å². The van der Waals surface area contributed by atoms with Crippen LogP contribution >= 0.6 is 0 Å². The molecule has 96 valence electrons. The third-order valence-corrected chi connectivity index (χ3v) is 3.03. The fourth-order valence-corrected chi connectivity index (χ4v) is 2.06. The first kappa shape index (κ1) is 10.9. The number of pyridine rings is 1. The quantitative estimate of drug-likeness (QED) is 0.557. The minimum Gasteiger partial charge on any atom is -0.415 e. The molecule has 4 aromatic rings. The van der Waals surface area contributed by atoms with E-state index in [0.717, 1.165) is 11.2 Å². The Balaban J connectivity index is 1.78. The van der Waals surface area contributed by atoms with Crippen LogP contribution in [0, 0.1) is 0 Å². The molecule has 0 bridgehead atoms. The predicted molar refractivity (Wildman–Crippen MR) is 73.9 cm³/mol. The highest BCUT2D eigenvalue weighted by molar-refractivity contribution is 5.57. The Kier molecular flexibility index (Phi) is 2.35. The number of nitrogens with zero attached hydrogens (tertiary/aromatic N) is 4. The maximum atomic E-state index is 5.69. The Hall–Kier alpha value is -2.95. The number of imidazole rings is 1. The van der Waals surface area contributed by atoms with Crippen LogP contribution in [-0.4, -0.2) is 19.6 Å². The van der Waals surface area contributed by atoms with Crippen molar-refractivity contribution in [2.45, 2.75) is 0 Å². The molecule has 3 heterocycles. The molecular weight excluding hydrogens is 252 g/mol. The molecule has 0 unspecified atom stereocenters. The molecule has 0 amide bonds. The van der Waals surface area contributed by atoms with Crippen LogP contribution in [0.15, 0.2) is 65.3 Å².